The van der Waals surface area contributed by atoms with Gasteiger partial charge in [0.05, 0.1) is 0 Å². The Labute approximate surface area is 85.5 Å². The first-order chi connectivity index (χ1) is 6.92. The van der Waals surface area contributed by atoms with Gasteiger partial charge >= 0.3 is 0 Å². The van der Waals surface area contributed by atoms with Gasteiger partial charge in [-0.1, -0.05) is 30.3 Å². The van der Waals surface area contributed by atoms with Crippen LogP contribution in [0.5, 0.6) is 0 Å². The van der Waals surface area contributed by atoms with E-state index in [0.717, 1.165) is 13.1 Å². The van der Waals surface area contributed by atoms with Crippen LogP contribution in [0.4, 0.5) is 0 Å². The first kappa shape index (κ1) is 9.69. The van der Waals surface area contributed by atoms with Gasteiger partial charge in [0.1, 0.15) is 0 Å². The maximum Gasteiger partial charge on any atom is 0.0148 e. The minimum absolute atomic E-state index is 0.485. The highest BCUT2D eigenvalue weighted by molar-refractivity contribution is 5.22. The largest absolute Gasteiger partial charge is 0.330 e. The first-order valence-electron chi connectivity index (χ1n) is 5.40. The van der Waals surface area contributed by atoms with Crippen molar-refractivity contribution in [2.24, 2.45) is 5.73 Å². The van der Waals surface area contributed by atoms with Gasteiger partial charge in [-0.05, 0) is 24.9 Å². The van der Waals surface area contributed by atoms with Crippen molar-refractivity contribution in [2.75, 3.05) is 13.1 Å². The maximum absolute atomic E-state index is 5.84. The van der Waals surface area contributed by atoms with Crippen molar-refractivity contribution >= 4 is 0 Å². The summed E-state index contributed by atoms with van der Waals surface area (Å²) in [4.78, 5) is 0. The predicted octanol–water partition coefficient (Wildman–Crippen LogP) is 1.48. The highest BCUT2D eigenvalue weighted by Crippen LogP contribution is 2.23. The Balaban J connectivity index is 2.12. The van der Waals surface area contributed by atoms with Crippen LogP contribution in [-0.2, 0) is 0 Å². The smallest absolute Gasteiger partial charge is 0.0148 e. The summed E-state index contributed by atoms with van der Waals surface area (Å²) < 4.78 is 0. The van der Waals surface area contributed by atoms with Gasteiger partial charge in [-0.15, -0.1) is 0 Å². The lowest BCUT2D eigenvalue weighted by Crippen LogP contribution is -2.33. The van der Waals surface area contributed by atoms with Gasteiger partial charge in [-0.2, -0.15) is 0 Å². The molecule has 0 bridgehead atoms. The molecule has 0 unspecified atom stereocenters. The molecule has 0 saturated carbocycles. The second-order valence-corrected chi connectivity index (χ2v) is 3.96. The minimum atomic E-state index is 0.485. The number of benzene rings is 1. The average molecular weight is 190 g/mol. The molecule has 0 amide bonds. The molecule has 1 heterocycles. The quantitative estimate of drug-likeness (QED) is 0.757. The molecule has 14 heavy (non-hydrogen) atoms. The number of nitrogens with two attached hydrogens (primary N) is 1. The Bertz CT molecular complexity index is 265. The molecule has 2 heteroatoms. The van der Waals surface area contributed by atoms with Crippen molar-refractivity contribution in [2.45, 2.75) is 24.8 Å². The lowest BCUT2D eigenvalue weighted by molar-refractivity contribution is 0.494. The second kappa shape index (κ2) is 4.58. The Morgan fingerprint density at radius 1 is 1.36 bits per heavy atom. The molecule has 2 nitrogen and oxygen atoms in total. The van der Waals surface area contributed by atoms with Gasteiger partial charge in [0, 0.05) is 18.5 Å². The molecule has 3 N–H and O–H groups in total. The van der Waals surface area contributed by atoms with Gasteiger partial charge in [0.2, 0.25) is 0 Å². The van der Waals surface area contributed by atoms with E-state index in [9.17, 15) is 0 Å². The third-order valence-electron chi connectivity index (χ3n) is 3.07. The molecule has 0 aliphatic carbocycles. The first-order valence-corrected chi connectivity index (χ1v) is 5.40. The number of rotatable bonds is 3. The molecule has 1 fully saturated rings. The summed E-state index contributed by atoms with van der Waals surface area (Å²) in [5.41, 5.74) is 7.21. The zero-order valence-electron chi connectivity index (χ0n) is 8.45. The van der Waals surface area contributed by atoms with Crippen LogP contribution in [0.2, 0.25) is 0 Å². The predicted molar refractivity (Wildman–Crippen MR) is 59.3 cm³/mol. The topological polar surface area (TPSA) is 38.0 Å². The molecular weight excluding hydrogens is 172 g/mol. The number of hydrogen-bond acceptors (Lipinski definition) is 2. The summed E-state index contributed by atoms with van der Waals surface area (Å²) in [6.45, 7) is 1.88. The van der Waals surface area contributed by atoms with Crippen LogP contribution in [0.15, 0.2) is 30.3 Å². The molecule has 0 aromatic heterocycles. The van der Waals surface area contributed by atoms with Crippen molar-refractivity contribution in [1.29, 1.82) is 0 Å². The molecule has 2 rings (SSSR count). The normalized spacial score (nSPS) is 23.6. The Morgan fingerprint density at radius 2 is 2.14 bits per heavy atom. The van der Waals surface area contributed by atoms with E-state index in [4.69, 9.17) is 5.73 Å². The zero-order chi connectivity index (χ0) is 9.80. The molecule has 1 aliphatic rings. The fraction of sp³-hybridized carbons (Fsp3) is 0.500. The Morgan fingerprint density at radius 3 is 2.71 bits per heavy atom. The molecule has 2 atom stereocenters. The van der Waals surface area contributed by atoms with Crippen molar-refractivity contribution in [1.82, 2.24) is 5.32 Å². The van der Waals surface area contributed by atoms with Gasteiger partial charge < -0.3 is 11.1 Å². The monoisotopic (exact) mass is 190 g/mol. The van der Waals surface area contributed by atoms with Crippen LogP contribution in [0, 0.1) is 0 Å². The molecule has 1 aromatic rings. The fourth-order valence-corrected chi connectivity index (χ4v) is 2.29. The summed E-state index contributed by atoms with van der Waals surface area (Å²) in [5, 5.41) is 3.53. The molecule has 76 valence electrons. The van der Waals surface area contributed by atoms with Crippen molar-refractivity contribution in [3.8, 4) is 0 Å². The maximum atomic E-state index is 5.84. The van der Waals surface area contributed by atoms with Crippen LogP contribution in [0.1, 0.15) is 24.3 Å². The van der Waals surface area contributed by atoms with E-state index >= 15 is 0 Å². The number of hydrogen-bond donors (Lipinski definition) is 2. The molecule has 0 spiro atoms. The van der Waals surface area contributed by atoms with Gasteiger partial charge in [0.25, 0.3) is 0 Å². The average Bonchev–Trinajstić information content (AvgIpc) is 2.74. The SMILES string of the molecule is NC[C@@H](c1ccccc1)[C@@H]1CCCN1. The van der Waals surface area contributed by atoms with Crippen LogP contribution in [-0.4, -0.2) is 19.1 Å². The lowest BCUT2D eigenvalue weighted by Gasteiger charge is -2.22. The standard InChI is InChI=1S/C12H18N2/c13-9-11(12-7-4-8-14-12)10-5-2-1-3-6-10/h1-3,5-6,11-12,14H,4,7-9,13H2/t11-,12-/m0/s1. The second-order valence-electron chi connectivity index (χ2n) is 3.96. The zero-order valence-corrected chi connectivity index (χ0v) is 8.45. The lowest BCUT2D eigenvalue weighted by atomic mass is 9.91. The highest BCUT2D eigenvalue weighted by Gasteiger charge is 2.24. The van der Waals surface area contributed by atoms with Crippen molar-refractivity contribution in [3.05, 3.63) is 35.9 Å². The van der Waals surface area contributed by atoms with Crippen LogP contribution in [0.3, 0.4) is 0 Å². The van der Waals surface area contributed by atoms with Gasteiger partial charge in [-0.25, -0.2) is 0 Å². The van der Waals surface area contributed by atoms with Crippen LogP contribution >= 0.6 is 0 Å². The molecule has 0 radical (unpaired) electrons. The van der Waals surface area contributed by atoms with Crippen molar-refractivity contribution < 1.29 is 0 Å². The molecule has 1 aromatic carbocycles. The van der Waals surface area contributed by atoms with E-state index in [-0.39, 0.29) is 0 Å². The van der Waals surface area contributed by atoms with Gasteiger partial charge in [-0.3, -0.25) is 0 Å². The summed E-state index contributed by atoms with van der Waals surface area (Å²) in [5.74, 6) is 0.485. The third-order valence-corrected chi connectivity index (χ3v) is 3.07. The van der Waals surface area contributed by atoms with E-state index in [1.54, 1.807) is 0 Å². The van der Waals surface area contributed by atoms with Crippen molar-refractivity contribution in [3.63, 3.8) is 0 Å². The third kappa shape index (κ3) is 1.97. The van der Waals surface area contributed by atoms with E-state index in [2.05, 4.69) is 35.6 Å². The Hall–Kier alpha value is -0.860. The molecular formula is C12H18N2. The fourth-order valence-electron chi connectivity index (χ4n) is 2.29. The van der Waals surface area contributed by atoms with E-state index in [0.29, 0.717) is 12.0 Å². The number of nitrogens with one attached hydrogen (secondary N) is 1. The minimum Gasteiger partial charge on any atom is -0.330 e. The summed E-state index contributed by atoms with van der Waals surface area (Å²) in [6, 6.07) is 11.2. The van der Waals surface area contributed by atoms with E-state index < -0.39 is 0 Å². The summed E-state index contributed by atoms with van der Waals surface area (Å²) >= 11 is 0. The molecule has 1 saturated heterocycles. The van der Waals surface area contributed by atoms with E-state index in [1.807, 2.05) is 0 Å². The van der Waals surface area contributed by atoms with Gasteiger partial charge in [0.15, 0.2) is 0 Å². The van der Waals surface area contributed by atoms with Crippen LogP contribution < -0.4 is 11.1 Å². The summed E-state index contributed by atoms with van der Waals surface area (Å²) in [7, 11) is 0. The summed E-state index contributed by atoms with van der Waals surface area (Å²) in [6.07, 6.45) is 2.55. The van der Waals surface area contributed by atoms with Crippen LogP contribution in [0.25, 0.3) is 0 Å². The molecule has 1 aliphatic heterocycles. The van der Waals surface area contributed by atoms with E-state index in [1.165, 1.54) is 18.4 Å². The Kier molecular flexibility index (Phi) is 3.17. The highest BCUT2D eigenvalue weighted by atomic mass is 14.9.